The lowest BCUT2D eigenvalue weighted by Gasteiger charge is -2.35. The van der Waals surface area contributed by atoms with Gasteiger partial charge >= 0.3 is 0 Å². The Bertz CT molecular complexity index is 136. The van der Waals surface area contributed by atoms with Crippen LogP contribution in [0.2, 0.25) is 0 Å². The van der Waals surface area contributed by atoms with Crippen molar-refractivity contribution >= 4 is 0 Å². The summed E-state index contributed by atoms with van der Waals surface area (Å²) < 4.78 is 0. The molecule has 1 rings (SSSR count). The summed E-state index contributed by atoms with van der Waals surface area (Å²) in [4.78, 5) is 2.65. The summed E-state index contributed by atoms with van der Waals surface area (Å²) in [5.74, 6) is 1.82. The lowest BCUT2D eigenvalue weighted by Crippen LogP contribution is -2.39. The number of nitrogens with zero attached hydrogens (tertiary/aromatic N) is 1. The van der Waals surface area contributed by atoms with Crippen molar-refractivity contribution in [3.05, 3.63) is 0 Å². The molecule has 0 heterocycles. The fourth-order valence-corrected chi connectivity index (χ4v) is 1.97. The first-order chi connectivity index (χ1) is 6.09. The molecule has 13 heavy (non-hydrogen) atoms. The fourth-order valence-electron chi connectivity index (χ4n) is 1.97. The summed E-state index contributed by atoms with van der Waals surface area (Å²) in [5, 5.41) is 0. The molecule has 1 nitrogen and oxygen atoms in total. The molecule has 0 aromatic carbocycles. The van der Waals surface area contributed by atoms with Crippen LogP contribution in [0, 0.1) is 11.8 Å². The van der Waals surface area contributed by atoms with E-state index in [0.29, 0.717) is 0 Å². The van der Waals surface area contributed by atoms with E-state index in [0.717, 1.165) is 17.9 Å². The van der Waals surface area contributed by atoms with Gasteiger partial charge in [0.25, 0.3) is 0 Å². The lowest BCUT2D eigenvalue weighted by atomic mass is 9.85. The first-order valence-electron chi connectivity index (χ1n) is 5.83. The number of hydrogen-bond donors (Lipinski definition) is 0. The number of hydrogen-bond acceptors (Lipinski definition) is 1. The Kier molecular flexibility index (Phi) is 4.24. The van der Waals surface area contributed by atoms with Crippen molar-refractivity contribution in [3.8, 4) is 0 Å². The predicted octanol–water partition coefficient (Wildman–Crippen LogP) is 3.15. The van der Waals surface area contributed by atoms with Crippen molar-refractivity contribution in [2.45, 2.75) is 53.0 Å². The van der Waals surface area contributed by atoms with Gasteiger partial charge in [0, 0.05) is 19.1 Å². The molecule has 0 bridgehead atoms. The minimum atomic E-state index is 0.725. The minimum absolute atomic E-state index is 0.725. The van der Waals surface area contributed by atoms with Gasteiger partial charge in [-0.3, -0.25) is 0 Å². The molecule has 0 aromatic rings. The normalized spacial score (nSPS) is 18.7. The van der Waals surface area contributed by atoms with E-state index in [2.05, 4.69) is 32.6 Å². The van der Waals surface area contributed by atoms with Crippen LogP contribution in [-0.4, -0.2) is 24.0 Å². The van der Waals surface area contributed by atoms with Gasteiger partial charge in [0.15, 0.2) is 0 Å². The van der Waals surface area contributed by atoms with Crippen LogP contribution in [0.25, 0.3) is 0 Å². The Labute approximate surface area is 83.5 Å². The summed E-state index contributed by atoms with van der Waals surface area (Å²) in [5.41, 5.74) is 0. The monoisotopic (exact) mass is 183 g/mol. The maximum absolute atomic E-state index is 2.65. The third-order valence-corrected chi connectivity index (χ3v) is 3.05. The Morgan fingerprint density at radius 3 is 2.08 bits per heavy atom. The van der Waals surface area contributed by atoms with E-state index < -0.39 is 0 Å². The van der Waals surface area contributed by atoms with Gasteiger partial charge in [0.1, 0.15) is 0 Å². The minimum Gasteiger partial charge on any atom is -0.300 e. The van der Waals surface area contributed by atoms with Gasteiger partial charge in [-0.05, 0) is 38.5 Å². The second kappa shape index (κ2) is 4.99. The molecule has 1 saturated carbocycles. The first-order valence-corrected chi connectivity index (χ1v) is 5.83. The van der Waals surface area contributed by atoms with Crippen molar-refractivity contribution in [2.75, 3.05) is 13.1 Å². The van der Waals surface area contributed by atoms with Gasteiger partial charge in [-0.15, -0.1) is 0 Å². The maximum Gasteiger partial charge on any atom is 0.00388 e. The zero-order valence-corrected chi connectivity index (χ0v) is 9.71. The SMILES string of the molecule is CC(C)CN(CC1CCC1)C(C)C. The van der Waals surface area contributed by atoms with E-state index in [9.17, 15) is 0 Å². The van der Waals surface area contributed by atoms with Crippen molar-refractivity contribution < 1.29 is 0 Å². The summed E-state index contributed by atoms with van der Waals surface area (Å²) in [6.07, 6.45) is 4.42. The predicted molar refractivity (Wildman–Crippen MR) is 58.9 cm³/mol. The van der Waals surface area contributed by atoms with Gasteiger partial charge in [-0.25, -0.2) is 0 Å². The van der Waals surface area contributed by atoms with Crippen LogP contribution < -0.4 is 0 Å². The van der Waals surface area contributed by atoms with Crippen molar-refractivity contribution in [3.63, 3.8) is 0 Å². The van der Waals surface area contributed by atoms with Crippen LogP contribution in [0.4, 0.5) is 0 Å². The van der Waals surface area contributed by atoms with Gasteiger partial charge in [0.05, 0.1) is 0 Å². The van der Waals surface area contributed by atoms with Crippen LogP contribution in [0.15, 0.2) is 0 Å². The van der Waals surface area contributed by atoms with E-state index in [-0.39, 0.29) is 0 Å². The van der Waals surface area contributed by atoms with Crippen molar-refractivity contribution in [1.29, 1.82) is 0 Å². The van der Waals surface area contributed by atoms with Crippen molar-refractivity contribution in [2.24, 2.45) is 11.8 Å². The average Bonchev–Trinajstić information content (AvgIpc) is 1.92. The third-order valence-electron chi connectivity index (χ3n) is 3.05. The molecule has 0 unspecified atom stereocenters. The molecule has 1 fully saturated rings. The topological polar surface area (TPSA) is 3.24 Å². The molecular weight excluding hydrogens is 158 g/mol. The quantitative estimate of drug-likeness (QED) is 0.633. The van der Waals surface area contributed by atoms with E-state index in [1.54, 1.807) is 0 Å². The summed E-state index contributed by atoms with van der Waals surface area (Å²) in [6, 6.07) is 0.725. The smallest absolute Gasteiger partial charge is 0.00388 e. The fraction of sp³-hybridized carbons (Fsp3) is 1.00. The van der Waals surface area contributed by atoms with Gasteiger partial charge in [-0.2, -0.15) is 0 Å². The van der Waals surface area contributed by atoms with E-state index >= 15 is 0 Å². The second-order valence-electron chi connectivity index (χ2n) is 5.24. The molecular formula is C12H25N. The molecule has 1 heteroatoms. The molecule has 1 aliphatic rings. The van der Waals surface area contributed by atoms with Gasteiger partial charge in [0.2, 0.25) is 0 Å². The van der Waals surface area contributed by atoms with Gasteiger partial charge in [-0.1, -0.05) is 20.3 Å². The summed E-state index contributed by atoms with van der Waals surface area (Å²) in [7, 11) is 0. The van der Waals surface area contributed by atoms with Crippen LogP contribution in [0.1, 0.15) is 47.0 Å². The average molecular weight is 183 g/mol. The molecule has 0 spiro atoms. The van der Waals surface area contributed by atoms with Crippen LogP contribution in [-0.2, 0) is 0 Å². The lowest BCUT2D eigenvalue weighted by molar-refractivity contribution is 0.133. The Balaban J connectivity index is 2.28. The molecule has 0 aromatic heterocycles. The molecule has 0 amide bonds. The Hall–Kier alpha value is -0.0400. The molecule has 1 aliphatic carbocycles. The molecule has 78 valence electrons. The summed E-state index contributed by atoms with van der Waals surface area (Å²) >= 11 is 0. The molecule has 0 radical (unpaired) electrons. The van der Waals surface area contributed by atoms with E-state index in [1.165, 1.54) is 32.4 Å². The number of rotatable bonds is 5. The third kappa shape index (κ3) is 3.68. The van der Waals surface area contributed by atoms with E-state index in [4.69, 9.17) is 0 Å². The molecule has 0 saturated heterocycles. The van der Waals surface area contributed by atoms with Crippen LogP contribution in [0.5, 0.6) is 0 Å². The molecule has 0 atom stereocenters. The first kappa shape index (κ1) is 11.0. The molecule has 0 N–H and O–H groups in total. The summed E-state index contributed by atoms with van der Waals surface area (Å²) in [6.45, 7) is 11.9. The standard InChI is InChI=1S/C12H25N/c1-10(2)8-13(11(3)4)9-12-6-5-7-12/h10-12H,5-9H2,1-4H3. The van der Waals surface area contributed by atoms with Crippen molar-refractivity contribution in [1.82, 2.24) is 4.90 Å². The van der Waals surface area contributed by atoms with Gasteiger partial charge < -0.3 is 4.90 Å². The Morgan fingerprint density at radius 1 is 1.15 bits per heavy atom. The highest BCUT2D eigenvalue weighted by molar-refractivity contribution is 4.76. The molecule has 0 aliphatic heterocycles. The largest absolute Gasteiger partial charge is 0.300 e. The highest BCUT2D eigenvalue weighted by atomic mass is 15.1. The highest BCUT2D eigenvalue weighted by Crippen LogP contribution is 2.27. The van der Waals surface area contributed by atoms with E-state index in [1.807, 2.05) is 0 Å². The Morgan fingerprint density at radius 2 is 1.77 bits per heavy atom. The zero-order chi connectivity index (χ0) is 9.84. The van der Waals surface area contributed by atoms with Crippen LogP contribution in [0.3, 0.4) is 0 Å². The highest BCUT2D eigenvalue weighted by Gasteiger charge is 2.22. The maximum atomic E-state index is 2.65. The second-order valence-corrected chi connectivity index (χ2v) is 5.24. The zero-order valence-electron chi connectivity index (χ0n) is 9.71. The van der Waals surface area contributed by atoms with Crippen LogP contribution >= 0.6 is 0 Å².